The Hall–Kier alpha value is -2.66. The van der Waals surface area contributed by atoms with Gasteiger partial charge in [0.25, 0.3) is 0 Å². The van der Waals surface area contributed by atoms with Crippen LogP contribution in [0.2, 0.25) is 0 Å². The van der Waals surface area contributed by atoms with E-state index in [-0.39, 0.29) is 23.9 Å². The standard InChI is InChI=1S/C23H29N3O2/c1-3-24-23(28)21-14-20(16-26(21)15-18-10-5-4-6-11-18)25-22(27)13-19-12-8-7-9-17(19)2/h4-12,20-21H,3,13-16H2,1-2H3,(H,24,28)(H,25,27)/t20-,21+/m1/s1. The predicted octanol–water partition coefficient (Wildman–Crippen LogP) is 2.43. The quantitative estimate of drug-likeness (QED) is 0.777. The second-order valence-corrected chi connectivity index (χ2v) is 7.43. The molecule has 1 aliphatic heterocycles. The summed E-state index contributed by atoms with van der Waals surface area (Å²) >= 11 is 0. The lowest BCUT2D eigenvalue weighted by atomic mass is 10.1. The average molecular weight is 380 g/mol. The summed E-state index contributed by atoms with van der Waals surface area (Å²) in [6.45, 7) is 5.93. The first-order valence-corrected chi connectivity index (χ1v) is 9.96. The SMILES string of the molecule is CCNC(=O)[C@@H]1C[C@@H](NC(=O)Cc2ccccc2C)CN1Cc1ccccc1. The maximum Gasteiger partial charge on any atom is 0.237 e. The molecule has 148 valence electrons. The number of carbonyl (C=O) groups excluding carboxylic acids is 2. The first-order chi connectivity index (χ1) is 13.6. The Morgan fingerprint density at radius 3 is 2.50 bits per heavy atom. The molecule has 28 heavy (non-hydrogen) atoms. The lowest BCUT2D eigenvalue weighted by Crippen LogP contribution is -2.42. The van der Waals surface area contributed by atoms with Crippen LogP contribution >= 0.6 is 0 Å². The molecule has 2 aromatic carbocycles. The Kier molecular flexibility index (Phi) is 6.82. The van der Waals surface area contributed by atoms with Crippen molar-refractivity contribution in [2.45, 2.75) is 45.3 Å². The van der Waals surface area contributed by atoms with Crippen molar-refractivity contribution >= 4 is 11.8 Å². The molecule has 0 aromatic heterocycles. The Bertz CT molecular complexity index is 807. The molecule has 5 nitrogen and oxygen atoms in total. The molecule has 1 aliphatic rings. The molecule has 1 saturated heterocycles. The molecule has 0 bridgehead atoms. The van der Waals surface area contributed by atoms with Gasteiger partial charge in [-0.05, 0) is 37.0 Å². The molecule has 2 atom stereocenters. The van der Waals surface area contributed by atoms with E-state index in [1.165, 1.54) is 5.56 Å². The van der Waals surface area contributed by atoms with Crippen molar-refractivity contribution in [1.82, 2.24) is 15.5 Å². The van der Waals surface area contributed by atoms with Crippen LogP contribution in [0.1, 0.15) is 30.0 Å². The molecule has 0 spiro atoms. The predicted molar refractivity (Wildman–Crippen MR) is 111 cm³/mol. The normalized spacial score (nSPS) is 19.4. The molecular weight excluding hydrogens is 350 g/mol. The zero-order valence-electron chi connectivity index (χ0n) is 16.7. The summed E-state index contributed by atoms with van der Waals surface area (Å²) in [6.07, 6.45) is 1.01. The van der Waals surface area contributed by atoms with E-state index >= 15 is 0 Å². The Labute approximate surface area is 167 Å². The van der Waals surface area contributed by atoms with E-state index in [1.54, 1.807) is 0 Å². The third-order valence-corrected chi connectivity index (χ3v) is 5.26. The summed E-state index contributed by atoms with van der Waals surface area (Å²) in [5.74, 6) is 0.0459. The average Bonchev–Trinajstić information content (AvgIpc) is 3.07. The van der Waals surface area contributed by atoms with Crippen LogP contribution in [0.25, 0.3) is 0 Å². The summed E-state index contributed by atoms with van der Waals surface area (Å²) < 4.78 is 0. The molecule has 0 unspecified atom stereocenters. The molecule has 0 aliphatic carbocycles. The van der Waals surface area contributed by atoms with Crippen LogP contribution in [0.3, 0.4) is 0 Å². The summed E-state index contributed by atoms with van der Waals surface area (Å²) in [5, 5.41) is 6.07. The van der Waals surface area contributed by atoms with Crippen molar-refractivity contribution in [1.29, 1.82) is 0 Å². The van der Waals surface area contributed by atoms with Crippen molar-refractivity contribution in [3.8, 4) is 0 Å². The van der Waals surface area contributed by atoms with Crippen molar-refractivity contribution in [3.05, 3.63) is 71.3 Å². The molecule has 2 N–H and O–H groups in total. The Morgan fingerprint density at radius 2 is 1.79 bits per heavy atom. The van der Waals surface area contributed by atoms with Crippen LogP contribution in [0, 0.1) is 6.92 Å². The summed E-state index contributed by atoms with van der Waals surface area (Å²) in [4.78, 5) is 27.3. The van der Waals surface area contributed by atoms with Crippen LogP contribution in [0.15, 0.2) is 54.6 Å². The van der Waals surface area contributed by atoms with Gasteiger partial charge in [0, 0.05) is 25.7 Å². The number of likely N-dealkylation sites (tertiary alicyclic amines) is 1. The van der Waals surface area contributed by atoms with Crippen LogP contribution < -0.4 is 10.6 Å². The molecule has 1 fully saturated rings. The van der Waals surface area contributed by atoms with Gasteiger partial charge in [0.2, 0.25) is 11.8 Å². The highest BCUT2D eigenvalue weighted by Crippen LogP contribution is 2.21. The van der Waals surface area contributed by atoms with Crippen molar-refractivity contribution in [3.63, 3.8) is 0 Å². The first-order valence-electron chi connectivity index (χ1n) is 9.96. The maximum atomic E-state index is 12.6. The number of nitrogens with zero attached hydrogens (tertiary/aromatic N) is 1. The number of rotatable bonds is 7. The molecular formula is C23H29N3O2. The van der Waals surface area contributed by atoms with E-state index in [2.05, 4.69) is 27.7 Å². The molecule has 2 aromatic rings. The maximum absolute atomic E-state index is 12.6. The van der Waals surface area contributed by atoms with Crippen LogP contribution in [-0.2, 0) is 22.6 Å². The van der Waals surface area contributed by atoms with E-state index in [9.17, 15) is 9.59 Å². The summed E-state index contributed by atoms with van der Waals surface area (Å²) in [5.41, 5.74) is 3.33. The number of amides is 2. The minimum atomic E-state index is -0.219. The smallest absolute Gasteiger partial charge is 0.237 e. The van der Waals surface area contributed by atoms with Gasteiger partial charge in [-0.1, -0.05) is 54.6 Å². The minimum Gasteiger partial charge on any atom is -0.355 e. The van der Waals surface area contributed by atoms with Gasteiger partial charge in [0.1, 0.15) is 0 Å². The fraction of sp³-hybridized carbons (Fsp3) is 0.391. The fourth-order valence-electron chi connectivity index (χ4n) is 3.83. The van der Waals surface area contributed by atoms with Gasteiger partial charge in [0.15, 0.2) is 0 Å². The van der Waals surface area contributed by atoms with Crippen molar-refractivity contribution in [2.24, 2.45) is 0 Å². The zero-order valence-corrected chi connectivity index (χ0v) is 16.7. The van der Waals surface area contributed by atoms with Crippen molar-refractivity contribution < 1.29 is 9.59 Å². The van der Waals surface area contributed by atoms with Gasteiger partial charge in [0.05, 0.1) is 12.5 Å². The fourth-order valence-corrected chi connectivity index (χ4v) is 3.83. The first kappa shape index (κ1) is 20.1. The lowest BCUT2D eigenvalue weighted by Gasteiger charge is -2.23. The molecule has 2 amide bonds. The number of likely N-dealkylation sites (N-methyl/N-ethyl adjacent to an activating group) is 1. The third-order valence-electron chi connectivity index (χ3n) is 5.26. The number of carbonyl (C=O) groups is 2. The second kappa shape index (κ2) is 9.51. The van der Waals surface area contributed by atoms with Crippen LogP contribution in [0.4, 0.5) is 0 Å². The second-order valence-electron chi connectivity index (χ2n) is 7.43. The lowest BCUT2D eigenvalue weighted by molar-refractivity contribution is -0.125. The third kappa shape index (κ3) is 5.20. The summed E-state index contributed by atoms with van der Waals surface area (Å²) in [6, 6.07) is 17.8. The van der Waals surface area contributed by atoms with Gasteiger partial charge < -0.3 is 10.6 Å². The number of nitrogens with one attached hydrogen (secondary N) is 2. The van der Waals surface area contributed by atoms with Gasteiger partial charge in [-0.15, -0.1) is 0 Å². The number of hydrogen-bond donors (Lipinski definition) is 2. The van der Waals surface area contributed by atoms with Crippen LogP contribution in [0.5, 0.6) is 0 Å². The molecule has 1 heterocycles. The van der Waals surface area contributed by atoms with E-state index < -0.39 is 0 Å². The topological polar surface area (TPSA) is 61.4 Å². The molecule has 0 saturated carbocycles. The largest absolute Gasteiger partial charge is 0.355 e. The van der Waals surface area contributed by atoms with E-state index in [4.69, 9.17) is 0 Å². The zero-order chi connectivity index (χ0) is 19.9. The van der Waals surface area contributed by atoms with Gasteiger partial charge in [-0.2, -0.15) is 0 Å². The monoisotopic (exact) mass is 379 g/mol. The number of benzene rings is 2. The number of hydrogen-bond acceptors (Lipinski definition) is 3. The van der Waals surface area contributed by atoms with Gasteiger partial charge >= 0.3 is 0 Å². The Morgan fingerprint density at radius 1 is 1.07 bits per heavy atom. The Balaban J connectivity index is 1.64. The van der Waals surface area contributed by atoms with E-state index in [0.717, 1.165) is 11.1 Å². The molecule has 5 heteroatoms. The number of aryl methyl sites for hydroxylation is 1. The minimum absolute atomic E-state index is 0.00973. The molecule has 0 radical (unpaired) electrons. The van der Waals surface area contributed by atoms with E-state index in [1.807, 2.05) is 56.3 Å². The van der Waals surface area contributed by atoms with Gasteiger partial charge in [-0.25, -0.2) is 0 Å². The van der Waals surface area contributed by atoms with Gasteiger partial charge in [-0.3, -0.25) is 14.5 Å². The van der Waals surface area contributed by atoms with E-state index in [0.29, 0.717) is 32.5 Å². The highest BCUT2D eigenvalue weighted by molar-refractivity contribution is 5.83. The van der Waals surface area contributed by atoms with Crippen molar-refractivity contribution in [2.75, 3.05) is 13.1 Å². The van der Waals surface area contributed by atoms with Crippen LogP contribution in [-0.4, -0.2) is 41.9 Å². The highest BCUT2D eigenvalue weighted by Gasteiger charge is 2.37. The summed E-state index contributed by atoms with van der Waals surface area (Å²) in [7, 11) is 0. The highest BCUT2D eigenvalue weighted by atomic mass is 16.2. The molecule has 3 rings (SSSR count).